The highest BCUT2D eigenvalue weighted by Crippen LogP contribution is 2.40. The molecule has 4 nitrogen and oxygen atoms in total. The monoisotopic (exact) mass is 796 g/mol. The summed E-state index contributed by atoms with van der Waals surface area (Å²) >= 11 is 0. The molecule has 1 aliphatic heterocycles. The van der Waals surface area contributed by atoms with Crippen molar-refractivity contribution in [2.75, 3.05) is 0 Å². The molecule has 9 aromatic rings. The van der Waals surface area contributed by atoms with Crippen LogP contribution < -0.4 is 10.6 Å². The van der Waals surface area contributed by atoms with E-state index >= 15 is 0 Å². The van der Waals surface area contributed by atoms with Gasteiger partial charge in [-0.15, -0.1) is 0 Å². The van der Waals surface area contributed by atoms with Crippen molar-refractivity contribution in [1.82, 2.24) is 15.6 Å². The summed E-state index contributed by atoms with van der Waals surface area (Å²) in [5, 5.41) is 11.3. The number of hydrogen-bond donors (Lipinski definition) is 2. The summed E-state index contributed by atoms with van der Waals surface area (Å²) < 4.78 is 0. The minimum Gasteiger partial charge on any atom is -0.350 e. The van der Waals surface area contributed by atoms with Gasteiger partial charge in [0.1, 0.15) is 18.2 Å². The Balaban J connectivity index is 0.965. The number of nitrogens with zero attached hydrogens (tertiary/aromatic N) is 2. The minimum atomic E-state index is -0.240. The zero-order valence-electron chi connectivity index (χ0n) is 34.2. The summed E-state index contributed by atoms with van der Waals surface area (Å²) in [4.78, 5) is 10.7. The zero-order chi connectivity index (χ0) is 41.2. The van der Waals surface area contributed by atoms with Crippen molar-refractivity contribution in [3.63, 3.8) is 0 Å². The van der Waals surface area contributed by atoms with Gasteiger partial charge in [0.15, 0.2) is 0 Å². The van der Waals surface area contributed by atoms with Crippen LogP contribution in [0.15, 0.2) is 235 Å². The standard InChI is InChI=1S/C58H44N4/c1-5-16-39(17-6-1)44-24-13-27-48(34-44)56-60-57(49-28-14-25-45(35-49)40-18-7-2-8-19-40)62-58(61-56)50-29-15-26-46(36-50)47-31-30-42-32-33-53-55(51(42)37-47)52(41-20-9-3-10-21-41)38-54(59-53)43-22-11-4-12-23-43/h1-35,37-38,46,56,58,61H,36H2,(H,60,62). The molecule has 0 bridgehead atoms. The van der Waals surface area contributed by atoms with Crippen molar-refractivity contribution < 1.29 is 0 Å². The van der Waals surface area contributed by atoms with E-state index in [2.05, 4.69) is 235 Å². The molecule has 0 radical (unpaired) electrons. The Morgan fingerprint density at radius 3 is 1.82 bits per heavy atom. The lowest BCUT2D eigenvalue weighted by atomic mass is 9.85. The molecule has 296 valence electrons. The van der Waals surface area contributed by atoms with E-state index in [-0.39, 0.29) is 18.2 Å². The highest BCUT2D eigenvalue weighted by Gasteiger charge is 2.29. The fourth-order valence-corrected chi connectivity index (χ4v) is 9.11. The molecule has 8 aromatic carbocycles. The van der Waals surface area contributed by atoms with Crippen LogP contribution in [-0.2, 0) is 0 Å². The van der Waals surface area contributed by atoms with Crippen molar-refractivity contribution in [2.24, 2.45) is 4.99 Å². The van der Waals surface area contributed by atoms with Gasteiger partial charge >= 0.3 is 0 Å². The molecule has 2 aliphatic rings. The third-order valence-corrected chi connectivity index (χ3v) is 12.3. The third-order valence-electron chi connectivity index (χ3n) is 12.3. The van der Waals surface area contributed by atoms with Crippen LogP contribution >= 0.6 is 0 Å². The van der Waals surface area contributed by atoms with Gasteiger partial charge in [-0.2, -0.15) is 0 Å². The van der Waals surface area contributed by atoms with Gasteiger partial charge < -0.3 is 5.32 Å². The van der Waals surface area contributed by atoms with Crippen LogP contribution in [0.3, 0.4) is 0 Å². The molecule has 62 heavy (non-hydrogen) atoms. The van der Waals surface area contributed by atoms with Crippen LogP contribution in [0.5, 0.6) is 0 Å². The summed E-state index contributed by atoms with van der Waals surface area (Å²) in [6.07, 6.45) is 7.26. The predicted molar refractivity (Wildman–Crippen MR) is 258 cm³/mol. The molecule has 4 heteroatoms. The summed E-state index contributed by atoms with van der Waals surface area (Å²) in [7, 11) is 0. The van der Waals surface area contributed by atoms with Crippen LogP contribution in [0.4, 0.5) is 0 Å². The highest BCUT2D eigenvalue weighted by atomic mass is 15.3. The van der Waals surface area contributed by atoms with E-state index in [1.54, 1.807) is 0 Å². The number of pyridine rings is 1. The molecular weight excluding hydrogens is 753 g/mol. The lowest BCUT2D eigenvalue weighted by Gasteiger charge is -2.34. The molecule has 0 saturated carbocycles. The summed E-state index contributed by atoms with van der Waals surface area (Å²) in [5.74, 6) is 1.05. The van der Waals surface area contributed by atoms with Crippen molar-refractivity contribution in [1.29, 1.82) is 0 Å². The Hall–Kier alpha value is -7.66. The van der Waals surface area contributed by atoms with Crippen molar-refractivity contribution in [3.8, 4) is 44.6 Å². The molecule has 1 aromatic heterocycles. The number of aliphatic imine (C=N–C) groups is 1. The Kier molecular flexibility index (Phi) is 9.89. The SMILES string of the molecule is C1=CC(c2ccc3ccc4nc(-c5ccccc5)cc(-c5ccccc5)c4c3c2)CC(C2N=C(c3cccc(-c4ccccc4)c3)NC(c3cccc(-c4ccccc4)c3)N2)=C1. The Morgan fingerprint density at radius 2 is 1.10 bits per heavy atom. The summed E-state index contributed by atoms with van der Waals surface area (Å²) in [5.41, 5.74) is 14.9. The minimum absolute atomic E-state index is 0.168. The number of aromatic nitrogens is 1. The van der Waals surface area contributed by atoms with Crippen molar-refractivity contribution in [3.05, 3.63) is 247 Å². The van der Waals surface area contributed by atoms with Gasteiger partial charge in [0.05, 0.1) is 11.2 Å². The second-order valence-electron chi connectivity index (χ2n) is 16.2. The molecule has 11 rings (SSSR count). The third kappa shape index (κ3) is 7.42. The van der Waals surface area contributed by atoms with Crippen LogP contribution in [0.2, 0.25) is 0 Å². The summed E-state index contributed by atoms with van der Waals surface area (Å²) in [6.45, 7) is 0. The first-order valence-corrected chi connectivity index (χ1v) is 21.5. The van der Waals surface area contributed by atoms with Gasteiger partial charge in [-0.1, -0.05) is 194 Å². The Labute approximate surface area is 362 Å². The molecule has 0 amide bonds. The van der Waals surface area contributed by atoms with Gasteiger partial charge in [-0.25, -0.2) is 9.98 Å². The fourth-order valence-electron chi connectivity index (χ4n) is 9.11. The van der Waals surface area contributed by atoms with Crippen LogP contribution in [0.1, 0.15) is 35.2 Å². The molecule has 3 atom stereocenters. The molecule has 0 fully saturated rings. The van der Waals surface area contributed by atoms with E-state index in [0.29, 0.717) is 0 Å². The number of hydrogen-bond acceptors (Lipinski definition) is 4. The Bertz CT molecular complexity index is 3150. The van der Waals surface area contributed by atoms with Crippen molar-refractivity contribution in [2.45, 2.75) is 24.7 Å². The molecule has 1 aliphatic carbocycles. The summed E-state index contributed by atoms with van der Waals surface area (Å²) in [6, 6.07) is 73.6. The first-order chi connectivity index (χ1) is 30.7. The maximum atomic E-state index is 5.45. The first kappa shape index (κ1) is 37.3. The van der Waals surface area contributed by atoms with Gasteiger partial charge in [-0.05, 0) is 97.6 Å². The first-order valence-electron chi connectivity index (χ1n) is 21.5. The average Bonchev–Trinajstić information content (AvgIpc) is 3.37. The molecule has 3 unspecified atom stereocenters. The topological polar surface area (TPSA) is 49.3 Å². The molecule has 0 spiro atoms. The lowest BCUT2D eigenvalue weighted by molar-refractivity contribution is 0.423. The zero-order valence-corrected chi connectivity index (χ0v) is 34.2. The van der Waals surface area contributed by atoms with Gasteiger partial charge in [0.2, 0.25) is 0 Å². The van der Waals surface area contributed by atoms with Crippen molar-refractivity contribution >= 4 is 27.5 Å². The van der Waals surface area contributed by atoms with Crippen LogP contribution in [0.25, 0.3) is 66.3 Å². The lowest BCUT2D eigenvalue weighted by Crippen LogP contribution is -2.49. The van der Waals surface area contributed by atoms with E-state index in [4.69, 9.17) is 9.98 Å². The van der Waals surface area contributed by atoms with Gasteiger partial charge in [-0.3, -0.25) is 5.32 Å². The maximum absolute atomic E-state index is 5.45. The Morgan fingerprint density at radius 1 is 0.484 bits per heavy atom. The number of benzene rings is 8. The van der Waals surface area contributed by atoms with E-state index < -0.39 is 0 Å². The molecule has 2 heterocycles. The predicted octanol–water partition coefficient (Wildman–Crippen LogP) is 13.7. The number of allylic oxidation sites excluding steroid dienone is 3. The second kappa shape index (κ2) is 16.4. The van der Waals surface area contributed by atoms with Gasteiger partial charge in [0, 0.05) is 22.4 Å². The van der Waals surface area contributed by atoms with Crippen LogP contribution in [-0.4, -0.2) is 17.0 Å². The molecule has 0 saturated heterocycles. The van der Waals surface area contributed by atoms with Gasteiger partial charge in [0.25, 0.3) is 0 Å². The van der Waals surface area contributed by atoms with E-state index in [1.807, 2.05) is 0 Å². The number of fused-ring (bicyclic) bond motifs is 3. The quantitative estimate of drug-likeness (QED) is 0.151. The second-order valence-corrected chi connectivity index (χ2v) is 16.2. The smallest absolute Gasteiger partial charge is 0.131 e. The number of nitrogens with one attached hydrogen (secondary N) is 2. The average molecular weight is 797 g/mol. The molecular formula is C58H44N4. The number of amidine groups is 1. The largest absolute Gasteiger partial charge is 0.350 e. The molecule has 2 N–H and O–H groups in total. The highest BCUT2D eigenvalue weighted by molar-refractivity contribution is 6.14. The maximum Gasteiger partial charge on any atom is 0.131 e. The number of rotatable bonds is 8. The van der Waals surface area contributed by atoms with E-state index in [1.165, 1.54) is 55.1 Å². The fraction of sp³-hybridized carbons (Fsp3) is 0.0690. The normalized spacial score (nSPS) is 17.3. The van der Waals surface area contributed by atoms with Crippen LogP contribution in [0, 0.1) is 0 Å². The van der Waals surface area contributed by atoms with E-state index in [9.17, 15) is 0 Å². The van der Waals surface area contributed by atoms with E-state index in [0.717, 1.165) is 45.7 Å².